The molecule has 33 heavy (non-hydrogen) atoms. The van der Waals surface area contributed by atoms with Gasteiger partial charge < -0.3 is 14.1 Å². The van der Waals surface area contributed by atoms with Crippen molar-refractivity contribution >= 4 is 5.91 Å². The van der Waals surface area contributed by atoms with Crippen LogP contribution in [0.4, 0.5) is 13.2 Å². The molecule has 2 aliphatic heterocycles. The van der Waals surface area contributed by atoms with Crippen LogP contribution in [0.25, 0.3) is 11.3 Å². The van der Waals surface area contributed by atoms with E-state index in [1.807, 2.05) is 23.6 Å². The Morgan fingerprint density at radius 3 is 2.61 bits per heavy atom. The van der Waals surface area contributed by atoms with Gasteiger partial charge in [-0.2, -0.15) is 13.2 Å². The van der Waals surface area contributed by atoms with E-state index in [2.05, 4.69) is 9.97 Å². The molecule has 0 N–H and O–H groups in total. The van der Waals surface area contributed by atoms with Gasteiger partial charge in [0.1, 0.15) is 18.3 Å². The van der Waals surface area contributed by atoms with E-state index in [1.54, 1.807) is 45.6 Å². The molecule has 1 atom stereocenters. The zero-order valence-corrected chi connectivity index (χ0v) is 19.3. The zero-order chi connectivity index (χ0) is 24.2. The van der Waals surface area contributed by atoms with E-state index >= 15 is 0 Å². The number of pyridine rings is 1. The van der Waals surface area contributed by atoms with Crippen LogP contribution < -0.4 is 4.74 Å². The molecule has 0 spiro atoms. The lowest BCUT2D eigenvalue weighted by molar-refractivity contribution is -0.169. The smallest absolute Gasteiger partial charge is 0.406 e. The maximum atomic E-state index is 13.1. The lowest BCUT2D eigenvalue weighted by Gasteiger charge is -2.46. The number of hydrogen-bond acceptors (Lipinski definition) is 7. The first-order valence-corrected chi connectivity index (χ1v) is 10.7. The Kier molecular flexibility index (Phi) is 5.68. The third-order valence-electron chi connectivity index (χ3n) is 6.69. The monoisotopic (exact) mass is 467 g/mol. The average Bonchev–Trinajstić information content (AvgIpc) is 3.32. The van der Waals surface area contributed by atoms with Gasteiger partial charge in [0.05, 0.1) is 30.7 Å². The summed E-state index contributed by atoms with van der Waals surface area (Å²) in [6.45, 7) is 7.22. The van der Waals surface area contributed by atoms with Crippen LogP contribution in [0.1, 0.15) is 33.6 Å². The maximum absolute atomic E-state index is 13.1. The van der Waals surface area contributed by atoms with E-state index in [0.29, 0.717) is 36.1 Å². The van der Waals surface area contributed by atoms with Gasteiger partial charge in [0.25, 0.3) is 0 Å². The van der Waals surface area contributed by atoms with Gasteiger partial charge in [-0.25, -0.2) is 4.98 Å². The molecular weight excluding hydrogens is 439 g/mol. The van der Waals surface area contributed by atoms with Crippen molar-refractivity contribution in [2.24, 2.45) is 0 Å². The Morgan fingerprint density at radius 1 is 1.21 bits per heavy atom. The van der Waals surface area contributed by atoms with Crippen LogP contribution in [-0.4, -0.2) is 81.7 Å². The number of ether oxygens (including phenoxy) is 1. The molecule has 2 aliphatic rings. The van der Waals surface area contributed by atoms with Crippen LogP contribution in [0, 0.1) is 0 Å². The second kappa shape index (κ2) is 7.98. The Hall–Kier alpha value is -2.66. The minimum absolute atomic E-state index is 0.280. The summed E-state index contributed by atoms with van der Waals surface area (Å²) in [6.07, 6.45) is 0.391. The molecule has 0 bridgehead atoms. The summed E-state index contributed by atoms with van der Waals surface area (Å²) >= 11 is 0. The fraction of sp³-hybridized carbons (Fsp3) is 0.591. The number of nitrogens with zero attached hydrogens (tertiary/aromatic N) is 5. The molecular formula is C22H28F3N5O3. The quantitative estimate of drug-likeness (QED) is 0.669. The first kappa shape index (κ1) is 23.5. The lowest BCUT2D eigenvalue weighted by Crippen LogP contribution is -2.61. The van der Waals surface area contributed by atoms with Crippen molar-refractivity contribution in [3.8, 4) is 17.1 Å². The summed E-state index contributed by atoms with van der Waals surface area (Å²) in [6, 6.07) is 1.13. The number of aromatic nitrogens is 2. The molecule has 2 fully saturated rings. The number of rotatable bonds is 5. The van der Waals surface area contributed by atoms with Crippen LogP contribution >= 0.6 is 0 Å². The van der Waals surface area contributed by atoms with Gasteiger partial charge in [0, 0.05) is 31.4 Å². The average molecular weight is 467 g/mol. The lowest BCUT2D eigenvalue weighted by atomic mass is 9.99. The summed E-state index contributed by atoms with van der Waals surface area (Å²) in [5, 5.41) is 0. The molecule has 0 radical (unpaired) electrons. The fourth-order valence-corrected chi connectivity index (χ4v) is 4.70. The summed E-state index contributed by atoms with van der Waals surface area (Å²) in [5.74, 6) is 1.06. The van der Waals surface area contributed by atoms with E-state index in [9.17, 15) is 18.0 Å². The molecule has 0 aromatic carbocycles. The van der Waals surface area contributed by atoms with Gasteiger partial charge in [0.2, 0.25) is 11.8 Å². The molecule has 2 aromatic rings. The Labute approximate surface area is 190 Å². The zero-order valence-electron chi connectivity index (χ0n) is 19.3. The number of piperazine rings is 1. The molecule has 4 rings (SSSR count). The Morgan fingerprint density at radius 2 is 1.94 bits per heavy atom. The van der Waals surface area contributed by atoms with Gasteiger partial charge in [-0.15, -0.1) is 0 Å². The van der Waals surface area contributed by atoms with E-state index in [-0.39, 0.29) is 6.54 Å². The first-order chi connectivity index (χ1) is 15.3. The van der Waals surface area contributed by atoms with Gasteiger partial charge in [-0.1, -0.05) is 0 Å². The molecule has 2 saturated heterocycles. The molecule has 4 heterocycles. The van der Waals surface area contributed by atoms with Gasteiger partial charge in [-0.3, -0.25) is 19.6 Å². The molecule has 11 heteroatoms. The highest BCUT2D eigenvalue weighted by Crippen LogP contribution is 2.39. The fourth-order valence-electron chi connectivity index (χ4n) is 4.70. The van der Waals surface area contributed by atoms with Gasteiger partial charge >= 0.3 is 6.18 Å². The highest BCUT2D eigenvalue weighted by Gasteiger charge is 2.56. The molecule has 8 nitrogen and oxygen atoms in total. The molecule has 180 valence electrons. The highest BCUT2D eigenvalue weighted by molar-refractivity contribution is 5.85. The number of methoxy groups -OCH3 is 1. The summed E-state index contributed by atoms with van der Waals surface area (Å²) in [4.78, 5) is 26.4. The summed E-state index contributed by atoms with van der Waals surface area (Å²) < 4.78 is 50.6. The second-order valence-corrected chi connectivity index (χ2v) is 9.39. The number of fused-ring (bicyclic) bond motifs is 1. The van der Waals surface area contributed by atoms with Gasteiger partial charge in [0.15, 0.2) is 5.76 Å². The van der Waals surface area contributed by atoms with Crippen molar-refractivity contribution in [1.29, 1.82) is 0 Å². The largest absolute Gasteiger partial charge is 0.495 e. The number of halogens is 3. The number of carbonyl (C=O) groups excluding carboxylic acids is 1. The number of carbonyl (C=O) groups is 1. The Bertz CT molecular complexity index is 1040. The van der Waals surface area contributed by atoms with E-state index in [4.69, 9.17) is 9.15 Å². The van der Waals surface area contributed by atoms with E-state index < -0.39 is 35.9 Å². The molecule has 2 aromatic heterocycles. The van der Waals surface area contributed by atoms with Crippen molar-refractivity contribution in [1.82, 2.24) is 24.7 Å². The third-order valence-corrected chi connectivity index (χ3v) is 6.69. The van der Waals surface area contributed by atoms with E-state index in [0.717, 1.165) is 4.90 Å². The standard InChI is InChI=1S/C22H28F3N5O3/c1-20(2,19-27-11-17(33-19)14-8-15(32-5)10-26-9-14)28-6-7-29-16(12-28)18(31)30(21(29,3)4)13-22(23,24)25/h8-11,16H,6-7,12-13H2,1-5H3/t16-/m0/s1. The van der Waals surface area contributed by atoms with Crippen LogP contribution in [0.3, 0.4) is 0 Å². The molecule has 0 saturated carbocycles. The Balaban J connectivity index is 1.55. The van der Waals surface area contributed by atoms with Crippen LogP contribution in [0.15, 0.2) is 29.1 Å². The predicted octanol–water partition coefficient (Wildman–Crippen LogP) is 3.11. The van der Waals surface area contributed by atoms with Crippen molar-refractivity contribution in [2.45, 2.75) is 51.1 Å². The molecule has 0 aliphatic carbocycles. The normalized spacial score (nSPS) is 22.0. The third kappa shape index (κ3) is 4.19. The second-order valence-electron chi connectivity index (χ2n) is 9.39. The van der Waals surface area contributed by atoms with Crippen LogP contribution in [0.5, 0.6) is 5.75 Å². The summed E-state index contributed by atoms with van der Waals surface area (Å²) in [7, 11) is 1.55. The minimum Gasteiger partial charge on any atom is -0.495 e. The van der Waals surface area contributed by atoms with Crippen molar-refractivity contribution in [2.75, 3.05) is 33.3 Å². The minimum atomic E-state index is -4.45. The maximum Gasteiger partial charge on any atom is 0.406 e. The van der Waals surface area contributed by atoms with Crippen molar-refractivity contribution in [3.05, 3.63) is 30.5 Å². The molecule has 0 unspecified atom stereocenters. The number of hydrogen-bond donors (Lipinski definition) is 0. The number of amides is 1. The first-order valence-electron chi connectivity index (χ1n) is 10.7. The predicted molar refractivity (Wildman–Crippen MR) is 113 cm³/mol. The van der Waals surface area contributed by atoms with Crippen LogP contribution in [0.2, 0.25) is 0 Å². The van der Waals surface area contributed by atoms with Gasteiger partial charge in [-0.05, 0) is 33.8 Å². The molecule has 1 amide bonds. The topological polar surface area (TPSA) is 74.9 Å². The van der Waals surface area contributed by atoms with Crippen molar-refractivity contribution in [3.63, 3.8) is 0 Å². The highest BCUT2D eigenvalue weighted by atomic mass is 19.4. The SMILES string of the molecule is COc1cncc(-c2cnc(C(C)(C)N3CCN4[C@@H](C3)C(=O)N(CC(F)(F)F)C4(C)C)o2)c1. The number of alkyl halides is 3. The van der Waals surface area contributed by atoms with Crippen molar-refractivity contribution < 1.29 is 27.1 Å². The van der Waals surface area contributed by atoms with Crippen LogP contribution in [-0.2, 0) is 10.3 Å². The van der Waals surface area contributed by atoms with E-state index in [1.165, 1.54) is 0 Å². The summed E-state index contributed by atoms with van der Waals surface area (Å²) in [5.41, 5.74) is -0.981. The number of oxazole rings is 1.